The maximum Gasteiger partial charge on any atom is 0.138 e. The van der Waals surface area contributed by atoms with Gasteiger partial charge < -0.3 is 24.1 Å². The van der Waals surface area contributed by atoms with Crippen LogP contribution in [0, 0.1) is 0 Å². The van der Waals surface area contributed by atoms with Crippen LogP contribution < -0.4 is 18.9 Å². The lowest BCUT2D eigenvalue weighted by Gasteiger charge is -2.28. The summed E-state index contributed by atoms with van der Waals surface area (Å²) in [6, 6.07) is 23.4. The van der Waals surface area contributed by atoms with E-state index in [-0.39, 0.29) is 17.8 Å². The Bertz CT molecular complexity index is 1310. The summed E-state index contributed by atoms with van der Waals surface area (Å²) < 4.78 is 24.0. The minimum atomic E-state index is -0.168. The highest BCUT2D eigenvalue weighted by molar-refractivity contribution is 5.99. The van der Waals surface area contributed by atoms with Crippen molar-refractivity contribution in [1.29, 1.82) is 0 Å². The van der Waals surface area contributed by atoms with Crippen LogP contribution in [0.2, 0.25) is 0 Å². The predicted octanol–water partition coefficient (Wildman–Crippen LogP) is 5.74. The smallest absolute Gasteiger partial charge is 0.138 e. The number of rotatable bonds is 4. The molecule has 2 aliphatic heterocycles. The van der Waals surface area contributed by atoms with Gasteiger partial charge in [-0.05, 0) is 29.8 Å². The van der Waals surface area contributed by atoms with Gasteiger partial charge >= 0.3 is 0 Å². The molecule has 0 aliphatic carbocycles. The number of fused-ring (bicyclic) bond motifs is 7. The average molecular weight is 426 g/mol. The quantitative estimate of drug-likeness (QED) is 0.451. The van der Waals surface area contributed by atoms with Crippen LogP contribution in [-0.2, 0) is 6.61 Å². The van der Waals surface area contributed by atoms with E-state index in [0.29, 0.717) is 24.3 Å². The molecule has 5 heteroatoms. The SMILES string of the molecule is COc1ccc2c(c1)OC[C@@H]1c3cc(O)c4c(OCc5ccccc5)cccc4c3O[C@H]21. The van der Waals surface area contributed by atoms with E-state index in [9.17, 15) is 5.11 Å². The Balaban J connectivity index is 1.40. The number of phenolic OH excluding ortho intramolecular Hbond substituents is 1. The van der Waals surface area contributed by atoms with Crippen LogP contribution in [0.1, 0.15) is 28.7 Å². The summed E-state index contributed by atoms with van der Waals surface area (Å²) in [6.07, 6.45) is -0.168. The summed E-state index contributed by atoms with van der Waals surface area (Å²) in [6.45, 7) is 0.901. The highest BCUT2D eigenvalue weighted by Crippen LogP contribution is 2.55. The van der Waals surface area contributed by atoms with E-state index in [1.165, 1.54) is 0 Å². The van der Waals surface area contributed by atoms with Gasteiger partial charge in [-0.15, -0.1) is 0 Å². The lowest BCUT2D eigenvalue weighted by Crippen LogP contribution is -2.23. The number of ether oxygens (including phenoxy) is 4. The molecule has 160 valence electrons. The molecular formula is C27H22O5. The van der Waals surface area contributed by atoms with Gasteiger partial charge in [0.05, 0.1) is 25.0 Å². The Morgan fingerprint density at radius 2 is 1.84 bits per heavy atom. The predicted molar refractivity (Wildman–Crippen MR) is 121 cm³/mol. The van der Waals surface area contributed by atoms with Gasteiger partial charge in [-0.25, -0.2) is 0 Å². The normalized spacial score (nSPS) is 18.2. The lowest BCUT2D eigenvalue weighted by molar-refractivity contribution is 0.140. The average Bonchev–Trinajstić information content (AvgIpc) is 3.22. The molecule has 0 fully saturated rings. The zero-order chi connectivity index (χ0) is 21.7. The van der Waals surface area contributed by atoms with Crippen LogP contribution in [0.5, 0.6) is 28.7 Å². The Hall–Kier alpha value is -3.86. The summed E-state index contributed by atoms with van der Waals surface area (Å²) in [5.41, 5.74) is 3.01. The molecule has 2 aliphatic rings. The molecule has 4 aromatic carbocycles. The first-order chi connectivity index (χ1) is 15.7. The van der Waals surface area contributed by atoms with Crippen molar-refractivity contribution in [2.24, 2.45) is 0 Å². The van der Waals surface area contributed by atoms with Gasteiger partial charge in [0.25, 0.3) is 0 Å². The van der Waals surface area contributed by atoms with Gasteiger partial charge in [0, 0.05) is 22.6 Å². The summed E-state index contributed by atoms with van der Waals surface area (Å²) >= 11 is 0. The van der Waals surface area contributed by atoms with Crippen molar-refractivity contribution in [2.75, 3.05) is 13.7 Å². The molecule has 2 heterocycles. The minimum absolute atomic E-state index is 0.00934. The minimum Gasteiger partial charge on any atom is -0.507 e. The Morgan fingerprint density at radius 1 is 0.969 bits per heavy atom. The molecule has 0 unspecified atom stereocenters. The molecule has 5 nitrogen and oxygen atoms in total. The molecule has 2 atom stereocenters. The van der Waals surface area contributed by atoms with Gasteiger partial charge in [-0.1, -0.05) is 42.5 Å². The van der Waals surface area contributed by atoms with Crippen molar-refractivity contribution in [1.82, 2.24) is 0 Å². The summed E-state index contributed by atoms with van der Waals surface area (Å²) in [4.78, 5) is 0. The third-order valence-corrected chi connectivity index (χ3v) is 6.27. The molecule has 0 saturated carbocycles. The molecule has 0 spiro atoms. The summed E-state index contributed by atoms with van der Waals surface area (Å²) in [7, 11) is 1.64. The van der Waals surface area contributed by atoms with E-state index in [1.807, 2.05) is 66.7 Å². The monoisotopic (exact) mass is 426 g/mol. The van der Waals surface area contributed by atoms with Gasteiger partial charge in [-0.2, -0.15) is 0 Å². The fraction of sp³-hybridized carbons (Fsp3) is 0.185. The molecular weight excluding hydrogens is 404 g/mol. The zero-order valence-electron chi connectivity index (χ0n) is 17.6. The third kappa shape index (κ3) is 2.93. The van der Waals surface area contributed by atoms with Crippen LogP contribution in [0.15, 0.2) is 72.8 Å². The van der Waals surface area contributed by atoms with Crippen molar-refractivity contribution in [2.45, 2.75) is 18.6 Å². The first-order valence-corrected chi connectivity index (χ1v) is 10.7. The van der Waals surface area contributed by atoms with Gasteiger partial charge in [-0.3, -0.25) is 0 Å². The molecule has 32 heavy (non-hydrogen) atoms. The van der Waals surface area contributed by atoms with Crippen LogP contribution in [-0.4, -0.2) is 18.8 Å². The molecule has 4 aromatic rings. The molecule has 0 bridgehead atoms. The van der Waals surface area contributed by atoms with Crippen molar-refractivity contribution in [3.05, 3.63) is 89.5 Å². The second-order valence-electron chi connectivity index (χ2n) is 8.13. The van der Waals surface area contributed by atoms with Crippen LogP contribution >= 0.6 is 0 Å². The number of phenols is 1. The number of benzene rings is 4. The zero-order valence-corrected chi connectivity index (χ0v) is 17.6. The Labute approximate surface area is 185 Å². The van der Waals surface area contributed by atoms with E-state index in [1.54, 1.807) is 13.2 Å². The van der Waals surface area contributed by atoms with Gasteiger partial charge in [0.1, 0.15) is 41.5 Å². The van der Waals surface area contributed by atoms with Crippen molar-refractivity contribution in [3.8, 4) is 28.7 Å². The fourth-order valence-corrected chi connectivity index (χ4v) is 4.70. The third-order valence-electron chi connectivity index (χ3n) is 6.27. The van der Waals surface area contributed by atoms with Crippen LogP contribution in [0.25, 0.3) is 10.8 Å². The topological polar surface area (TPSA) is 57.2 Å². The van der Waals surface area contributed by atoms with Crippen molar-refractivity contribution in [3.63, 3.8) is 0 Å². The lowest BCUT2D eigenvalue weighted by atomic mass is 9.88. The number of hydrogen-bond acceptors (Lipinski definition) is 5. The molecule has 0 aromatic heterocycles. The second kappa shape index (κ2) is 7.38. The van der Waals surface area contributed by atoms with E-state index in [4.69, 9.17) is 18.9 Å². The Kier molecular flexibility index (Phi) is 4.35. The highest BCUT2D eigenvalue weighted by Gasteiger charge is 2.42. The molecule has 0 amide bonds. The summed E-state index contributed by atoms with van der Waals surface area (Å²) in [5.74, 6) is 3.14. The van der Waals surface area contributed by atoms with Crippen molar-refractivity contribution < 1.29 is 24.1 Å². The standard InChI is InChI=1S/C27H22O5/c1-29-17-10-11-18-24(12-17)31-15-21-20-13-22(28)25-19(27(20)32-26(18)21)8-5-9-23(25)30-14-16-6-3-2-4-7-16/h2-13,21,26,28H,14-15H2,1H3/t21-,26-/m1/s1. The van der Waals surface area contributed by atoms with E-state index in [2.05, 4.69) is 0 Å². The van der Waals surface area contributed by atoms with E-state index in [0.717, 1.165) is 39.3 Å². The maximum atomic E-state index is 11.0. The largest absolute Gasteiger partial charge is 0.507 e. The van der Waals surface area contributed by atoms with Gasteiger partial charge in [0.15, 0.2) is 0 Å². The molecule has 1 N–H and O–H groups in total. The first-order valence-electron chi connectivity index (χ1n) is 10.7. The molecule has 6 rings (SSSR count). The number of hydrogen-bond donors (Lipinski definition) is 1. The summed E-state index contributed by atoms with van der Waals surface area (Å²) in [5, 5.41) is 12.5. The van der Waals surface area contributed by atoms with Crippen molar-refractivity contribution >= 4 is 10.8 Å². The molecule has 0 radical (unpaired) electrons. The van der Waals surface area contributed by atoms with E-state index < -0.39 is 0 Å². The number of aromatic hydroxyl groups is 1. The Morgan fingerprint density at radius 3 is 2.69 bits per heavy atom. The maximum absolute atomic E-state index is 11.0. The fourth-order valence-electron chi connectivity index (χ4n) is 4.70. The first kappa shape index (κ1) is 18.9. The highest BCUT2D eigenvalue weighted by atomic mass is 16.5. The van der Waals surface area contributed by atoms with E-state index >= 15 is 0 Å². The number of methoxy groups -OCH3 is 1. The molecule has 0 saturated heterocycles. The van der Waals surface area contributed by atoms with Crippen LogP contribution in [0.3, 0.4) is 0 Å². The van der Waals surface area contributed by atoms with Gasteiger partial charge in [0.2, 0.25) is 0 Å². The second-order valence-corrected chi connectivity index (χ2v) is 8.13. The van der Waals surface area contributed by atoms with Crippen LogP contribution in [0.4, 0.5) is 0 Å².